The van der Waals surface area contributed by atoms with Crippen LogP contribution < -0.4 is 10.0 Å². The van der Waals surface area contributed by atoms with Crippen LogP contribution in [-0.4, -0.2) is 41.1 Å². The summed E-state index contributed by atoms with van der Waals surface area (Å²) in [4.78, 5) is 11.9. The molecule has 140 valence electrons. The molecule has 1 amide bonds. The van der Waals surface area contributed by atoms with Crippen LogP contribution in [0.2, 0.25) is 0 Å². The third-order valence-corrected chi connectivity index (χ3v) is 5.14. The van der Waals surface area contributed by atoms with E-state index in [4.69, 9.17) is 4.74 Å². The number of nitrogens with one attached hydrogen (secondary N) is 2. The Kier molecular flexibility index (Phi) is 7.26. The lowest BCUT2D eigenvalue weighted by Gasteiger charge is -2.09. The Morgan fingerprint density at radius 2 is 1.77 bits per heavy atom. The van der Waals surface area contributed by atoms with Crippen molar-refractivity contribution in [2.24, 2.45) is 0 Å². The predicted octanol–water partition coefficient (Wildman–Crippen LogP) is 1.72. The van der Waals surface area contributed by atoms with Crippen molar-refractivity contribution in [2.75, 3.05) is 26.8 Å². The van der Waals surface area contributed by atoms with Gasteiger partial charge >= 0.3 is 0 Å². The fraction of sp³-hybridized carbons (Fsp3) is 0.278. The Morgan fingerprint density at radius 3 is 2.42 bits per heavy atom. The summed E-state index contributed by atoms with van der Waals surface area (Å²) in [6.07, 6.45) is 0.242. The van der Waals surface area contributed by atoms with Gasteiger partial charge in [-0.25, -0.2) is 17.5 Å². The van der Waals surface area contributed by atoms with Gasteiger partial charge in [0, 0.05) is 25.8 Å². The minimum atomic E-state index is -3.73. The second-order valence-corrected chi connectivity index (χ2v) is 7.28. The number of sulfonamides is 1. The molecule has 0 aliphatic carbocycles. The van der Waals surface area contributed by atoms with Crippen LogP contribution in [0.15, 0.2) is 53.4 Å². The molecule has 0 aromatic heterocycles. The van der Waals surface area contributed by atoms with E-state index in [0.29, 0.717) is 24.3 Å². The first-order valence-corrected chi connectivity index (χ1v) is 9.52. The summed E-state index contributed by atoms with van der Waals surface area (Å²) in [5.41, 5.74) is 0.796. The first-order chi connectivity index (χ1) is 12.4. The summed E-state index contributed by atoms with van der Waals surface area (Å²) in [5.74, 6) is -0.672. The van der Waals surface area contributed by atoms with E-state index < -0.39 is 10.0 Å². The van der Waals surface area contributed by atoms with E-state index >= 15 is 0 Å². The van der Waals surface area contributed by atoms with Crippen molar-refractivity contribution in [3.8, 4) is 0 Å². The molecular formula is C18H21FN2O4S. The minimum absolute atomic E-state index is 0.0412. The van der Waals surface area contributed by atoms with Crippen LogP contribution in [0.4, 0.5) is 4.39 Å². The van der Waals surface area contributed by atoms with Crippen LogP contribution in [0.5, 0.6) is 0 Å². The molecule has 0 unspecified atom stereocenters. The molecular weight excluding hydrogens is 359 g/mol. The largest absolute Gasteiger partial charge is 0.383 e. The molecule has 0 aliphatic heterocycles. The second kappa shape index (κ2) is 9.42. The van der Waals surface area contributed by atoms with Gasteiger partial charge in [-0.2, -0.15) is 0 Å². The Labute approximate surface area is 152 Å². The lowest BCUT2D eigenvalue weighted by molar-refractivity contribution is 0.0937. The van der Waals surface area contributed by atoms with Gasteiger partial charge in [0.05, 0.1) is 11.5 Å². The van der Waals surface area contributed by atoms with Crippen molar-refractivity contribution in [1.29, 1.82) is 0 Å². The van der Waals surface area contributed by atoms with E-state index in [9.17, 15) is 17.6 Å². The number of amides is 1. The van der Waals surface area contributed by atoms with Gasteiger partial charge in [0.2, 0.25) is 10.0 Å². The normalized spacial score (nSPS) is 11.3. The van der Waals surface area contributed by atoms with Crippen LogP contribution in [0.25, 0.3) is 0 Å². The van der Waals surface area contributed by atoms with E-state index in [-0.39, 0.29) is 29.6 Å². The van der Waals surface area contributed by atoms with Crippen molar-refractivity contribution >= 4 is 15.9 Å². The number of benzene rings is 2. The van der Waals surface area contributed by atoms with Crippen molar-refractivity contribution in [3.63, 3.8) is 0 Å². The van der Waals surface area contributed by atoms with E-state index in [2.05, 4.69) is 10.0 Å². The van der Waals surface area contributed by atoms with Gasteiger partial charge in [0.15, 0.2) is 0 Å². The molecule has 2 N–H and O–H groups in total. The Balaban J connectivity index is 1.94. The topological polar surface area (TPSA) is 84.5 Å². The molecule has 8 heteroatoms. The lowest BCUT2D eigenvalue weighted by atomic mass is 10.1. The number of methoxy groups -OCH3 is 1. The molecule has 0 saturated carbocycles. The average molecular weight is 380 g/mol. The monoisotopic (exact) mass is 380 g/mol. The maximum absolute atomic E-state index is 13.5. The summed E-state index contributed by atoms with van der Waals surface area (Å²) in [6, 6.07) is 11.8. The molecule has 2 aromatic carbocycles. The maximum Gasteiger partial charge on any atom is 0.251 e. The van der Waals surface area contributed by atoms with Crippen molar-refractivity contribution in [3.05, 3.63) is 65.5 Å². The maximum atomic E-state index is 13.5. The number of rotatable bonds is 9. The fourth-order valence-corrected chi connectivity index (χ4v) is 3.29. The molecule has 0 spiro atoms. The van der Waals surface area contributed by atoms with Gasteiger partial charge in [-0.1, -0.05) is 18.2 Å². The van der Waals surface area contributed by atoms with Gasteiger partial charge in [0.1, 0.15) is 5.82 Å². The lowest BCUT2D eigenvalue weighted by Crippen LogP contribution is -2.28. The Morgan fingerprint density at radius 1 is 1.08 bits per heavy atom. The number of ether oxygens (including phenoxy) is 1. The zero-order chi connectivity index (χ0) is 19.0. The van der Waals surface area contributed by atoms with Gasteiger partial charge in [-0.05, 0) is 42.3 Å². The van der Waals surface area contributed by atoms with Crippen LogP contribution in [-0.2, 0) is 21.2 Å². The zero-order valence-electron chi connectivity index (χ0n) is 14.4. The molecule has 0 atom stereocenters. The number of carbonyl (C=O) groups is 1. The highest BCUT2D eigenvalue weighted by Gasteiger charge is 2.15. The van der Waals surface area contributed by atoms with E-state index in [0.717, 1.165) is 0 Å². The van der Waals surface area contributed by atoms with Crippen molar-refractivity contribution < 1.29 is 22.3 Å². The summed E-state index contributed by atoms with van der Waals surface area (Å²) >= 11 is 0. The molecule has 6 nitrogen and oxygen atoms in total. The summed E-state index contributed by atoms with van der Waals surface area (Å²) in [7, 11) is -2.20. The van der Waals surface area contributed by atoms with Gasteiger partial charge < -0.3 is 10.1 Å². The molecule has 2 rings (SSSR count). The van der Waals surface area contributed by atoms with E-state index in [1.165, 1.54) is 37.4 Å². The molecule has 26 heavy (non-hydrogen) atoms. The predicted molar refractivity (Wildman–Crippen MR) is 95.9 cm³/mol. The molecule has 0 heterocycles. The first kappa shape index (κ1) is 20.0. The number of halogens is 1. The fourth-order valence-electron chi connectivity index (χ4n) is 2.26. The molecule has 0 aliphatic rings. The third-order valence-electron chi connectivity index (χ3n) is 3.66. The van der Waals surface area contributed by atoms with Crippen LogP contribution in [0.3, 0.4) is 0 Å². The Bertz CT molecular complexity index is 839. The smallest absolute Gasteiger partial charge is 0.251 e. The third kappa shape index (κ3) is 5.62. The second-order valence-electron chi connectivity index (χ2n) is 5.51. The van der Waals surface area contributed by atoms with Crippen LogP contribution in [0, 0.1) is 5.82 Å². The molecule has 0 fully saturated rings. The quantitative estimate of drug-likeness (QED) is 0.649. The average Bonchev–Trinajstić information content (AvgIpc) is 2.63. The Hall–Kier alpha value is -2.29. The van der Waals surface area contributed by atoms with Gasteiger partial charge in [-0.3, -0.25) is 4.79 Å². The van der Waals surface area contributed by atoms with Crippen LogP contribution in [0.1, 0.15) is 15.9 Å². The summed E-state index contributed by atoms with van der Waals surface area (Å²) in [6.45, 7) is 0.833. The zero-order valence-corrected chi connectivity index (χ0v) is 15.2. The first-order valence-electron chi connectivity index (χ1n) is 8.04. The minimum Gasteiger partial charge on any atom is -0.383 e. The number of hydrogen-bond acceptors (Lipinski definition) is 4. The highest BCUT2D eigenvalue weighted by Crippen LogP contribution is 2.11. The highest BCUT2D eigenvalue weighted by atomic mass is 32.2. The molecule has 0 saturated heterocycles. The van der Waals surface area contributed by atoms with Crippen molar-refractivity contribution in [2.45, 2.75) is 11.3 Å². The number of hydrogen-bond donors (Lipinski definition) is 2. The molecule has 0 radical (unpaired) electrons. The van der Waals surface area contributed by atoms with Crippen LogP contribution >= 0.6 is 0 Å². The van der Waals surface area contributed by atoms with E-state index in [1.807, 2.05) is 0 Å². The van der Waals surface area contributed by atoms with Gasteiger partial charge in [0.25, 0.3) is 5.91 Å². The molecule has 0 bridgehead atoms. The van der Waals surface area contributed by atoms with Crippen molar-refractivity contribution in [1.82, 2.24) is 10.0 Å². The van der Waals surface area contributed by atoms with Gasteiger partial charge in [-0.15, -0.1) is 0 Å². The number of carbonyl (C=O) groups excluding carboxylic acids is 1. The summed E-state index contributed by atoms with van der Waals surface area (Å²) < 4.78 is 45.4. The highest BCUT2D eigenvalue weighted by molar-refractivity contribution is 7.89. The standard InChI is InChI=1S/C18H21FN2O4S/c1-25-13-12-20-18(22)15-6-8-16(9-7-15)26(23,24)21-11-10-14-4-2-3-5-17(14)19/h2-9,21H,10-13H2,1H3,(H,20,22). The molecule has 2 aromatic rings. The summed E-state index contributed by atoms with van der Waals surface area (Å²) in [5, 5.41) is 2.65. The SMILES string of the molecule is COCCNC(=O)c1ccc(S(=O)(=O)NCCc2ccccc2F)cc1. The van der Waals surface area contributed by atoms with E-state index in [1.54, 1.807) is 18.2 Å².